The molecule has 64 valence electrons. The van der Waals surface area contributed by atoms with Crippen molar-refractivity contribution in [3.05, 3.63) is 18.5 Å². The zero-order chi connectivity index (χ0) is 8.60. The highest BCUT2D eigenvalue weighted by atomic mass is 16.4. The summed E-state index contributed by atoms with van der Waals surface area (Å²) in [7, 11) is 0. The van der Waals surface area contributed by atoms with Gasteiger partial charge in [0.05, 0.1) is 0 Å². The van der Waals surface area contributed by atoms with Crippen molar-refractivity contribution in [2.75, 3.05) is 0 Å². The summed E-state index contributed by atoms with van der Waals surface area (Å²) in [6.45, 7) is 0. The number of carboxylic acid groups (broad SMARTS) is 1. The Bertz CT molecular complexity index is 288. The fraction of sp³-hybridized carbons (Fsp3) is 0.500. The van der Waals surface area contributed by atoms with Crippen LogP contribution in [-0.2, 0) is 10.3 Å². The molecule has 1 heterocycles. The van der Waals surface area contributed by atoms with Crippen LogP contribution in [0.1, 0.15) is 19.3 Å². The standard InChI is InChI=1S/C8H10N2O2/c11-7(12)8(3-1-4-8)10-6-2-5-9-10/h2,5-6H,1,3-4H2,(H,11,12). The van der Waals surface area contributed by atoms with E-state index in [0.717, 1.165) is 6.42 Å². The maximum absolute atomic E-state index is 10.9. The molecular weight excluding hydrogens is 156 g/mol. The summed E-state index contributed by atoms with van der Waals surface area (Å²) < 4.78 is 1.55. The molecule has 0 amide bonds. The molecule has 2 rings (SSSR count). The Morgan fingerprint density at radius 2 is 2.33 bits per heavy atom. The molecule has 1 aromatic rings. The van der Waals surface area contributed by atoms with Crippen LogP contribution in [0.2, 0.25) is 0 Å². The van der Waals surface area contributed by atoms with Gasteiger partial charge in [-0.2, -0.15) is 5.10 Å². The molecule has 0 atom stereocenters. The van der Waals surface area contributed by atoms with Crippen LogP contribution in [0.15, 0.2) is 18.5 Å². The van der Waals surface area contributed by atoms with Crippen LogP contribution in [0.5, 0.6) is 0 Å². The first-order valence-corrected chi connectivity index (χ1v) is 3.99. The first-order valence-electron chi connectivity index (χ1n) is 3.99. The largest absolute Gasteiger partial charge is 0.479 e. The molecule has 1 aliphatic carbocycles. The third-order valence-electron chi connectivity index (χ3n) is 2.52. The molecule has 0 saturated heterocycles. The summed E-state index contributed by atoms with van der Waals surface area (Å²) in [5.74, 6) is -0.766. The Labute approximate surface area is 69.8 Å². The molecule has 1 aromatic heterocycles. The van der Waals surface area contributed by atoms with E-state index in [0.29, 0.717) is 12.8 Å². The van der Waals surface area contributed by atoms with Crippen LogP contribution in [0.3, 0.4) is 0 Å². The van der Waals surface area contributed by atoms with E-state index in [-0.39, 0.29) is 0 Å². The van der Waals surface area contributed by atoms with Crippen molar-refractivity contribution in [1.29, 1.82) is 0 Å². The normalized spacial score (nSPS) is 20.0. The summed E-state index contributed by atoms with van der Waals surface area (Å²) >= 11 is 0. The van der Waals surface area contributed by atoms with Gasteiger partial charge in [0.2, 0.25) is 0 Å². The van der Waals surface area contributed by atoms with Gasteiger partial charge in [0, 0.05) is 12.4 Å². The predicted octanol–water partition coefficient (Wildman–Crippen LogP) is 0.847. The number of rotatable bonds is 2. The van der Waals surface area contributed by atoms with Crippen LogP contribution < -0.4 is 0 Å². The van der Waals surface area contributed by atoms with E-state index in [1.165, 1.54) is 0 Å². The summed E-state index contributed by atoms with van der Waals surface area (Å²) in [4.78, 5) is 10.9. The molecule has 1 saturated carbocycles. The van der Waals surface area contributed by atoms with Crippen molar-refractivity contribution < 1.29 is 9.90 Å². The van der Waals surface area contributed by atoms with Gasteiger partial charge in [-0.05, 0) is 25.3 Å². The van der Waals surface area contributed by atoms with Crippen LogP contribution in [-0.4, -0.2) is 20.9 Å². The van der Waals surface area contributed by atoms with Gasteiger partial charge in [-0.25, -0.2) is 4.79 Å². The molecule has 1 N–H and O–H groups in total. The summed E-state index contributed by atoms with van der Waals surface area (Å²) in [6.07, 6.45) is 5.70. The van der Waals surface area contributed by atoms with Crippen molar-refractivity contribution in [1.82, 2.24) is 9.78 Å². The molecule has 0 spiro atoms. The Morgan fingerprint density at radius 1 is 1.58 bits per heavy atom. The lowest BCUT2D eigenvalue weighted by atomic mass is 9.77. The van der Waals surface area contributed by atoms with Crippen molar-refractivity contribution in [3.63, 3.8) is 0 Å². The lowest BCUT2D eigenvalue weighted by Gasteiger charge is -2.37. The lowest BCUT2D eigenvalue weighted by Crippen LogP contribution is -2.48. The Kier molecular flexibility index (Phi) is 1.43. The fourth-order valence-corrected chi connectivity index (χ4v) is 1.57. The van der Waals surface area contributed by atoms with Crippen LogP contribution in [0.25, 0.3) is 0 Å². The van der Waals surface area contributed by atoms with Crippen LogP contribution >= 0.6 is 0 Å². The minimum atomic E-state index is -0.766. The highest BCUT2D eigenvalue weighted by molar-refractivity contribution is 5.77. The first kappa shape index (κ1) is 7.34. The van der Waals surface area contributed by atoms with Gasteiger partial charge >= 0.3 is 5.97 Å². The smallest absolute Gasteiger partial charge is 0.331 e. The Hall–Kier alpha value is -1.32. The van der Waals surface area contributed by atoms with Gasteiger partial charge in [0.25, 0.3) is 0 Å². The Balaban J connectivity index is 2.35. The second-order valence-corrected chi connectivity index (χ2v) is 3.14. The van der Waals surface area contributed by atoms with E-state index in [1.807, 2.05) is 0 Å². The minimum absolute atomic E-state index is 0.698. The summed E-state index contributed by atoms with van der Waals surface area (Å²) in [5, 5.41) is 13.0. The Morgan fingerprint density at radius 3 is 2.67 bits per heavy atom. The summed E-state index contributed by atoms with van der Waals surface area (Å²) in [5.41, 5.74) is -0.733. The molecule has 0 unspecified atom stereocenters. The molecule has 0 radical (unpaired) electrons. The molecule has 4 heteroatoms. The lowest BCUT2D eigenvalue weighted by molar-refractivity contribution is -0.153. The van der Waals surface area contributed by atoms with Gasteiger partial charge in [0.15, 0.2) is 5.54 Å². The third-order valence-corrected chi connectivity index (χ3v) is 2.52. The van der Waals surface area contributed by atoms with Crippen molar-refractivity contribution in [2.45, 2.75) is 24.8 Å². The van der Waals surface area contributed by atoms with Gasteiger partial charge in [-0.1, -0.05) is 0 Å². The molecule has 0 aromatic carbocycles. The van der Waals surface area contributed by atoms with Gasteiger partial charge < -0.3 is 5.11 Å². The molecule has 4 nitrogen and oxygen atoms in total. The van der Waals surface area contributed by atoms with Crippen molar-refractivity contribution >= 4 is 5.97 Å². The third kappa shape index (κ3) is 0.776. The van der Waals surface area contributed by atoms with E-state index in [4.69, 9.17) is 5.11 Å². The second kappa shape index (κ2) is 2.33. The topological polar surface area (TPSA) is 55.1 Å². The van der Waals surface area contributed by atoms with Crippen LogP contribution in [0.4, 0.5) is 0 Å². The van der Waals surface area contributed by atoms with Gasteiger partial charge in [-0.15, -0.1) is 0 Å². The average molecular weight is 166 g/mol. The van der Waals surface area contributed by atoms with E-state index < -0.39 is 11.5 Å². The van der Waals surface area contributed by atoms with E-state index in [1.54, 1.807) is 23.1 Å². The van der Waals surface area contributed by atoms with Gasteiger partial charge in [0.1, 0.15) is 0 Å². The highest BCUT2D eigenvalue weighted by Gasteiger charge is 2.46. The molecule has 0 bridgehead atoms. The zero-order valence-electron chi connectivity index (χ0n) is 6.60. The number of nitrogens with zero attached hydrogens (tertiary/aromatic N) is 2. The van der Waals surface area contributed by atoms with E-state index in [9.17, 15) is 4.79 Å². The first-order chi connectivity index (χ1) is 5.76. The fourth-order valence-electron chi connectivity index (χ4n) is 1.57. The number of carbonyl (C=O) groups is 1. The number of hydrogen-bond acceptors (Lipinski definition) is 2. The van der Waals surface area contributed by atoms with Gasteiger partial charge in [-0.3, -0.25) is 4.68 Å². The minimum Gasteiger partial charge on any atom is -0.479 e. The quantitative estimate of drug-likeness (QED) is 0.708. The number of aliphatic carboxylic acids is 1. The number of carboxylic acids is 1. The maximum atomic E-state index is 10.9. The van der Waals surface area contributed by atoms with E-state index in [2.05, 4.69) is 5.10 Å². The average Bonchev–Trinajstić information content (AvgIpc) is 2.35. The molecular formula is C8H10N2O2. The highest BCUT2D eigenvalue weighted by Crippen LogP contribution is 2.38. The molecule has 0 aliphatic heterocycles. The zero-order valence-corrected chi connectivity index (χ0v) is 6.60. The number of aromatic nitrogens is 2. The maximum Gasteiger partial charge on any atom is 0.331 e. The van der Waals surface area contributed by atoms with Crippen LogP contribution in [0, 0.1) is 0 Å². The number of hydrogen-bond donors (Lipinski definition) is 1. The molecule has 12 heavy (non-hydrogen) atoms. The van der Waals surface area contributed by atoms with Crippen molar-refractivity contribution in [2.24, 2.45) is 0 Å². The SMILES string of the molecule is O=C(O)C1(n2cccn2)CCC1. The monoisotopic (exact) mass is 166 g/mol. The predicted molar refractivity (Wildman–Crippen MR) is 41.7 cm³/mol. The molecule has 1 aliphatic rings. The second-order valence-electron chi connectivity index (χ2n) is 3.14. The van der Waals surface area contributed by atoms with E-state index >= 15 is 0 Å². The summed E-state index contributed by atoms with van der Waals surface area (Å²) in [6, 6.07) is 1.75. The van der Waals surface area contributed by atoms with Crippen molar-refractivity contribution in [3.8, 4) is 0 Å². The molecule has 1 fully saturated rings.